The number of hydrogen-bond acceptors (Lipinski definition) is 3. The summed E-state index contributed by atoms with van der Waals surface area (Å²) in [4.78, 5) is 15.0. The maximum atomic E-state index is 12.3. The van der Waals surface area contributed by atoms with Gasteiger partial charge in [-0.3, -0.25) is 9.69 Å². The standard InChI is InChI=1S/C15H15Cl2NOS/c1-10(15(19)13-7-8-14(17)20-13)18(2)9-11-3-5-12(16)6-4-11/h3-8,10H,9H2,1-2H3. The lowest BCUT2D eigenvalue weighted by atomic mass is 10.1. The number of benzene rings is 1. The van der Waals surface area contributed by atoms with Crippen molar-refractivity contribution < 1.29 is 4.79 Å². The van der Waals surface area contributed by atoms with E-state index in [1.807, 2.05) is 43.1 Å². The summed E-state index contributed by atoms with van der Waals surface area (Å²) in [5.74, 6) is 0.0957. The molecule has 106 valence electrons. The van der Waals surface area contributed by atoms with Crippen molar-refractivity contribution in [1.29, 1.82) is 0 Å². The van der Waals surface area contributed by atoms with Crippen LogP contribution in [0.2, 0.25) is 9.36 Å². The Kier molecular flexibility index (Phi) is 5.22. The molecule has 0 radical (unpaired) electrons. The first-order valence-corrected chi connectivity index (χ1v) is 7.79. The van der Waals surface area contributed by atoms with Crippen LogP contribution in [0.25, 0.3) is 0 Å². The molecule has 0 aliphatic heterocycles. The van der Waals surface area contributed by atoms with Crippen LogP contribution in [-0.4, -0.2) is 23.8 Å². The van der Waals surface area contributed by atoms with Gasteiger partial charge in [0.25, 0.3) is 0 Å². The molecular formula is C15H15Cl2NOS. The number of nitrogens with zero attached hydrogens (tertiary/aromatic N) is 1. The third kappa shape index (κ3) is 3.83. The lowest BCUT2D eigenvalue weighted by Crippen LogP contribution is -2.35. The summed E-state index contributed by atoms with van der Waals surface area (Å²) in [6, 6.07) is 11.0. The topological polar surface area (TPSA) is 20.3 Å². The molecule has 0 aliphatic rings. The molecule has 2 nitrogen and oxygen atoms in total. The zero-order chi connectivity index (χ0) is 14.7. The number of thiophene rings is 1. The first-order chi connectivity index (χ1) is 9.47. The van der Waals surface area contributed by atoms with Gasteiger partial charge in [0.1, 0.15) is 0 Å². The molecular weight excluding hydrogens is 313 g/mol. The van der Waals surface area contributed by atoms with Gasteiger partial charge in [-0.25, -0.2) is 0 Å². The third-order valence-corrected chi connectivity index (χ3v) is 4.70. The minimum Gasteiger partial charge on any atom is -0.292 e. The third-order valence-electron chi connectivity index (χ3n) is 3.20. The van der Waals surface area contributed by atoms with Gasteiger partial charge in [0.15, 0.2) is 5.78 Å². The Morgan fingerprint density at radius 1 is 1.20 bits per heavy atom. The molecule has 5 heteroatoms. The Labute approximate surface area is 132 Å². The molecule has 1 aromatic carbocycles. The van der Waals surface area contributed by atoms with Gasteiger partial charge < -0.3 is 0 Å². The second-order valence-electron chi connectivity index (χ2n) is 4.69. The van der Waals surface area contributed by atoms with Crippen LogP contribution in [0.15, 0.2) is 36.4 Å². The maximum absolute atomic E-state index is 12.3. The van der Waals surface area contributed by atoms with Crippen molar-refractivity contribution >= 4 is 40.3 Å². The molecule has 1 heterocycles. The van der Waals surface area contributed by atoms with Crippen LogP contribution >= 0.6 is 34.5 Å². The quantitative estimate of drug-likeness (QED) is 0.738. The number of Topliss-reactive ketones (excluding diaryl/α,β-unsaturated/α-hetero) is 1. The second-order valence-corrected chi connectivity index (χ2v) is 6.84. The zero-order valence-electron chi connectivity index (χ0n) is 11.3. The molecule has 0 saturated heterocycles. The van der Waals surface area contributed by atoms with Crippen molar-refractivity contribution in [2.45, 2.75) is 19.5 Å². The first kappa shape index (κ1) is 15.5. The smallest absolute Gasteiger partial charge is 0.189 e. The van der Waals surface area contributed by atoms with Gasteiger partial charge in [0.2, 0.25) is 0 Å². The fourth-order valence-electron chi connectivity index (χ4n) is 1.87. The van der Waals surface area contributed by atoms with Crippen LogP contribution in [0.1, 0.15) is 22.2 Å². The van der Waals surface area contributed by atoms with Crippen LogP contribution in [0.4, 0.5) is 0 Å². The molecule has 0 saturated carbocycles. The summed E-state index contributed by atoms with van der Waals surface area (Å²) < 4.78 is 0.640. The Morgan fingerprint density at radius 2 is 1.85 bits per heavy atom. The molecule has 0 bridgehead atoms. The molecule has 0 aliphatic carbocycles. The molecule has 0 spiro atoms. The summed E-state index contributed by atoms with van der Waals surface area (Å²) >= 11 is 13.1. The summed E-state index contributed by atoms with van der Waals surface area (Å²) in [5, 5.41) is 0.716. The lowest BCUT2D eigenvalue weighted by molar-refractivity contribution is 0.0866. The second kappa shape index (κ2) is 6.72. The highest BCUT2D eigenvalue weighted by Gasteiger charge is 2.21. The first-order valence-electron chi connectivity index (χ1n) is 6.21. The monoisotopic (exact) mass is 327 g/mol. The highest BCUT2D eigenvalue weighted by atomic mass is 35.5. The van der Waals surface area contributed by atoms with E-state index in [9.17, 15) is 4.79 Å². The Bertz CT molecular complexity index is 594. The van der Waals surface area contributed by atoms with Crippen LogP contribution in [0.5, 0.6) is 0 Å². The fraction of sp³-hybridized carbons (Fsp3) is 0.267. The van der Waals surface area contributed by atoms with E-state index in [1.165, 1.54) is 11.3 Å². The van der Waals surface area contributed by atoms with Gasteiger partial charge in [-0.15, -0.1) is 11.3 Å². The summed E-state index contributed by atoms with van der Waals surface area (Å²) in [6.07, 6.45) is 0. The highest BCUT2D eigenvalue weighted by molar-refractivity contribution is 7.18. The van der Waals surface area contributed by atoms with Crippen molar-refractivity contribution in [3.05, 3.63) is 56.2 Å². The average molecular weight is 328 g/mol. The van der Waals surface area contributed by atoms with Gasteiger partial charge in [-0.2, -0.15) is 0 Å². The van der Waals surface area contributed by atoms with Crippen molar-refractivity contribution in [2.24, 2.45) is 0 Å². The van der Waals surface area contributed by atoms with E-state index in [0.29, 0.717) is 20.8 Å². The van der Waals surface area contributed by atoms with Crippen LogP contribution in [0, 0.1) is 0 Å². The molecule has 1 atom stereocenters. The van der Waals surface area contributed by atoms with Crippen molar-refractivity contribution in [3.8, 4) is 0 Å². The number of halogens is 2. The van der Waals surface area contributed by atoms with E-state index in [0.717, 1.165) is 5.56 Å². The molecule has 1 unspecified atom stereocenters. The van der Waals surface area contributed by atoms with Crippen LogP contribution in [0.3, 0.4) is 0 Å². The number of ketones is 1. The minimum atomic E-state index is -0.194. The number of hydrogen-bond donors (Lipinski definition) is 0. The van der Waals surface area contributed by atoms with E-state index in [-0.39, 0.29) is 11.8 Å². The summed E-state index contributed by atoms with van der Waals surface area (Å²) in [5.41, 5.74) is 1.13. The highest BCUT2D eigenvalue weighted by Crippen LogP contribution is 2.23. The Morgan fingerprint density at radius 3 is 2.40 bits per heavy atom. The van der Waals surface area contributed by atoms with Gasteiger partial charge in [0, 0.05) is 11.6 Å². The minimum absolute atomic E-state index is 0.0957. The zero-order valence-corrected chi connectivity index (χ0v) is 13.6. The summed E-state index contributed by atoms with van der Waals surface area (Å²) in [6.45, 7) is 2.61. The van der Waals surface area contributed by atoms with E-state index >= 15 is 0 Å². The van der Waals surface area contributed by atoms with Gasteiger partial charge in [0.05, 0.1) is 15.3 Å². The van der Waals surface area contributed by atoms with Crippen molar-refractivity contribution in [2.75, 3.05) is 7.05 Å². The number of carbonyl (C=O) groups is 1. The average Bonchev–Trinajstić information content (AvgIpc) is 2.86. The molecule has 0 N–H and O–H groups in total. The SMILES string of the molecule is CC(C(=O)c1ccc(Cl)s1)N(C)Cc1ccc(Cl)cc1. The number of carbonyl (C=O) groups excluding carboxylic acids is 1. The van der Waals surface area contributed by atoms with E-state index in [4.69, 9.17) is 23.2 Å². The van der Waals surface area contributed by atoms with Crippen molar-refractivity contribution in [1.82, 2.24) is 4.90 Å². The molecule has 0 fully saturated rings. The predicted molar refractivity (Wildman–Crippen MR) is 86.0 cm³/mol. The Hall–Kier alpha value is -0.870. The molecule has 0 amide bonds. The largest absolute Gasteiger partial charge is 0.292 e. The van der Waals surface area contributed by atoms with E-state index in [2.05, 4.69) is 0 Å². The normalized spacial score (nSPS) is 12.7. The summed E-state index contributed by atoms with van der Waals surface area (Å²) in [7, 11) is 1.94. The molecule has 1 aromatic heterocycles. The lowest BCUT2D eigenvalue weighted by Gasteiger charge is -2.23. The van der Waals surface area contributed by atoms with E-state index < -0.39 is 0 Å². The van der Waals surface area contributed by atoms with E-state index in [1.54, 1.807) is 12.1 Å². The number of likely N-dealkylation sites (N-methyl/N-ethyl adjacent to an activating group) is 1. The Balaban J connectivity index is 2.03. The number of rotatable bonds is 5. The van der Waals surface area contributed by atoms with Crippen LogP contribution in [-0.2, 0) is 6.54 Å². The maximum Gasteiger partial charge on any atom is 0.189 e. The molecule has 2 aromatic rings. The molecule has 20 heavy (non-hydrogen) atoms. The van der Waals surface area contributed by atoms with Crippen molar-refractivity contribution in [3.63, 3.8) is 0 Å². The predicted octanol–water partition coefficient (Wildman–Crippen LogP) is 4.76. The molecule has 2 rings (SSSR count). The van der Waals surface area contributed by atoms with Gasteiger partial charge in [-0.1, -0.05) is 35.3 Å². The van der Waals surface area contributed by atoms with Gasteiger partial charge >= 0.3 is 0 Å². The fourth-order valence-corrected chi connectivity index (χ4v) is 3.06. The van der Waals surface area contributed by atoms with Gasteiger partial charge in [-0.05, 0) is 43.8 Å². The van der Waals surface area contributed by atoms with Crippen LogP contribution < -0.4 is 0 Å².